The number of aryl methyl sites for hydroxylation is 2. The van der Waals surface area contributed by atoms with E-state index in [9.17, 15) is 9.18 Å². The Bertz CT molecular complexity index is 693. The molecule has 0 atom stereocenters. The molecule has 4 heteroatoms. The van der Waals surface area contributed by atoms with Crippen LogP contribution in [0.3, 0.4) is 0 Å². The minimum atomic E-state index is -1.02. The van der Waals surface area contributed by atoms with Crippen LogP contribution in [0.2, 0.25) is 0 Å². The van der Waals surface area contributed by atoms with Crippen LogP contribution >= 0.6 is 0 Å². The molecule has 0 aliphatic rings. The molecule has 0 unspecified atom stereocenters. The number of aromatic carboxylic acids is 1. The highest BCUT2D eigenvalue weighted by atomic mass is 19.1. The number of hydrogen-bond donors (Lipinski definition) is 1. The van der Waals surface area contributed by atoms with E-state index in [1.165, 1.54) is 6.07 Å². The molecular formula is C17H17FO3. The highest BCUT2D eigenvalue weighted by molar-refractivity contribution is 5.89. The maximum absolute atomic E-state index is 14.2. The van der Waals surface area contributed by atoms with Crippen molar-refractivity contribution in [3.8, 4) is 5.75 Å². The second kappa shape index (κ2) is 5.95. The average Bonchev–Trinajstić information content (AvgIpc) is 2.45. The van der Waals surface area contributed by atoms with Gasteiger partial charge in [0.15, 0.2) is 11.6 Å². The first-order chi connectivity index (χ1) is 9.91. The van der Waals surface area contributed by atoms with Crippen molar-refractivity contribution in [2.75, 3.05) is 0 Å². The molecule has 0 spiro atoms. The van der Waals surface area contributed by atoms with Crippen LogP contribution in [0, 0.1) is 26.6 Å². The fourth-order valence-electron chi connectivity index (χ4n) is 2.20. The van der Waals surface area contributed by atoms with E-state index in [0.717, 1.165) is 5.56 Å². The van der Waals surface area contributed by atoms with Crippen LogP contribution < -0.4 is 4.74 Å². The van der Waals surface area contributed by atoms with E-state index < -0.39 is 5.97 Å². The van der Waals surface area contributed by atoms with Gasteiger partial charge in [-0.2, -0.15) is 0 Å². The van der Waals surface area contributed by atoms with E-state index in [2.05, 4.69) is 0 Å². The standard InChI is InChI=1S/C17H17FO3/c1-10-8-11(2)16(15(18)12(10)3)21-9-13-6-4-5-7-14(13)17(19)20/h4-8H,9H2,1-3H3,(H,19,20). The number of hydrogen-bond acceptors (Lipinski definition) is 2. The summed E-state index contributed by atoms with van der Waals surface area (Å²) in [6.07, 6.45) is 0. The fourth-order valence-corrected chi connectivity index (χ4v) is 2.20. The third-order valence-electron chi connectivity index (χ3n) is 3.53. The molecule has 2 rings (SSSR count). The molecular weight excluding hydrogens is 271 g/mol. The zero-order valence-electron chi connectivity index (χ0n) is 12.2. The second-order valence-electron chi connectivity index (χ2n) is 5.03. The van der Waals surface area contributed by atoms with Crippen molar-refractivity contribution < 1.29 is 19.0 Å². The van der Waals surface area contributed by atoms with Crippen LogP contribution in [0.25, 0.3) is 0 Å². The van der Waals surface area contributed by atoms with Gasteiger partial charge in [-0.05, 0) is 43.5 Å². The zero-order valence-corrected chi connectivity index (χ0v) is 12.2. The number of carboxylic acids is 1. The third-order valence-corrected chi connectivity index (χ3v) is 3.53. The van der Waals surface area contributed by atoms with Gasteiger partial charge in [-0.15, -0.1) is 0 Å². The minimum Gasteiger partial charge on any atom is -0.486 e. The first-order valence-corrected chi connectivity index (χ1v) is 6.62. The molecule has 2 aromatic carbocycles. The van der Waals surface area contributed by atoms with Crippen molar-refractivity contribution in [1.82, 2.24) is 0 Å². The molecule has 1 N–H and O–H groups in total. The third kappa shape index (κ3) is 3.05. The van der Waals surface area contributed by atoms with E-state index >= 15 is 0 Å². The van der Waals surface area contributed by atoms with Gasteiger partial charge in [0.05, 0.1) is 5.56 Å². The second-order valence-corrected chi connectivity index (χ2v) is 5.03. The van der Waals surface area contributed by atoms with E-state index in [1.54, 1.807) is 32.0 Å². The van der Waals surface area contributed by atoms with Crippen LogP contribution in [0.5, 0.6) is 5.75 Å². The van der Waals surface area contributed by atoms with Crippen molar-refractivity contribution in [3.63, 3.8) is 0 Å². The summed E-state index contributed by atoms with van der Waals surface area (Å²) in [5.41, 5.74) is 2.79. The largest absolute Gasteiger partial charge is 0.486 e. The number of ether oxygens (including phenoxy) is 1. The van der Waals surface area contributed by atoms with Crippen molar-refractivity contribution in [2.24, 2.45) is 0 Å². The van der Waals surface area contributed by atoms with Crippen LogP contribution in [0.4, 0.5) is 4.39 Å². The van der Waals surface area contributed by atoms with Gasteiger partial charge in [-0.25, -0.2) is 9.18 Å². The molecule has 0 radical (unpaired) electrons. The van der Waals surface area contributed by atoms with E-state index in [1.807, 2.05) is 13.0 Å². The van der Waals surface area contributed by atoms with Crippen molar-refractivity contribution in [3.05, 3.63) is 64.0 Å². The molecule has 0 aromatic heterocycles. The quantitative estimate of drug-likeness (QED) is 0.924. The van der Waals surface area contributed by atoms with Gasteiger partial charge < -0.3 is 9.84 Å². The monoisotopic (exact) mass is 288 g/mol. The van der Waals surface area contributed by atoms with Crippen molar-refractivity contribution >= 4 is 5.97 Å². The van der Waals surface area contributed by atoms with Crippen LogP contribution in [0.1, 0.15) is 32.6 Å². The van der Waals surface area contributed by atoms with E-state index in [4.69, 9.17) is 9.84 Å². The van der Waals surface area contributed by atoms with E-state index in [0.29, 0.717) is 16.7 Å². The predicted octanol–water partition coefficient (Wildman–Crippen LogP) is 4.03. The van der Waals surface area contributed by atoms with Gasteiger partial charge in [-0.3, -0.25) is 0 Å². The molecule has 0 fully saturated rings. The Balaban J connectivity index is 2.30. The number of carboxylic acid groups (broad SMARTS) is 1. The molecule has 0 saturated heterocycles. The smallest absolute Gasteiger partial charge is 0.336 e. The van der Waals surface area contributed by atoms with Gasteiger partial charge in [0.1, 0.15) is 6.61 Å². The lowest BCUT2D eigenvalue weighted by Gasteiger charge is -2.14. The molecule has 0 aliphatic carbocycles. The molecule has 0 saturated carbocycles. The summed E-state index contributed by atoms with van der Waals surface area (Å²) < 4.78 is 19.8. The Hall–Kier alpha value is -2.36. The molecule has 0 bridgehead atoms. The van der Waals surface area contributed by atoms with E-state index in [-0.39, 0.29) is 23.7 Å². The summed E-state index contributed by atoms with van der Waals surface area (Å²) in [6, 6.07) is 8.41. The van der Waals surface area contributed by atoms with Gasteiger partial charge >= 0.3 is 5.97 Å². The lowest BCUT2D eigenvalue weighted by molar-refractivity contribution is 0.0694. The first-order valence-electron chi connectivity index (χ1n) is 6.62. The number of rotatable bonds is 4. The van der Waals surface area contributed by atoms with Crippen molar-refractivity contribution in [1.29, 1.82) is 0 Å². The average molecular weight is 288 g/mol. The van der Waals surface area contributed by atoms with Crippen LogP contribution in [-0.4, -0.2) is 11.1 Å². The van der Waals surface area contributed by atoms with Gasteiger partial charge in [0, 0.05) is 5.56 Å². The van der Waals surface area contributed by atoms with Crippen LogP contribution in [-0.2, 0) is 6.61 Å². The molecule has 110 valence electrons. The van der Waals surface area contributed by atoms with Gasteiger partial charge in [0.25, 0.3) is 0 Å². The number of carbonyl (C=O) groups is 1. The Morgan fingerprint density at radius 2 is 1.86 bits per heavy atom. The summed E-state index contributed by atoms with van der Waals surface area (Å²) in [4.78, 5) is 11.1. The summed E-state index contributed by atoms with van der Waals surface area (Å²) in [6.45, 7) is 5.33. The Morgan fingerprint density at radius 1 is 1.19 bits per heavy atom. The molecule has 0 amide bonds. The SMILES string of the molecule is Cc1cc(C)c(OCc2ccccc2C(=O)O)c(F)c1C. The lowest BCUT2D eigenvalue weighted by Crippen LogP contribution is -2.07. The number of halogens is 1. The Morgan fingerprint density at radius 3 is 2.52 bits per heavy atom. The zero-order chi connectivity index (χ0) is 15.6. The normalized spacial score (nSPS) is 10.5. The summed E-state index contributed by atoms with van der Waals surface area (Å²) in [7, 11) is 0. The summed E-state index contributed by atoms with van der Waals surface area (Å²) in [5.74, 6) is -1.23. The van der Waals surface area contributed by atoms with Crippen LogP contribution in [0.15, 0.2) is 30.3 Å². The van der Waals surface area contributed by atoms with Gasteiger partial charge in [-0.1, -0.05) is 24.3 Å². The first kappa shape index (κ1) is 15.0. The number of benzene rings is 2. The van der Waals surface area contributed by atoms with Crippen molar-refractivity contribution in [2.45, 2.75) is 27.4 Å². The maximum Gasteiger partial charge on any atom is 0.336 e. The molecule has 21 heavy (non-hydrogen) atoms. The predicted molar refractivity (Wildman–Crippen MR) is 78.3 cm³/mol. The lowest BCUT2D eigenvalue weighted by atomic mass is 10.0. The molecule has 2 aromatic rings. The maximum atomic E-state index is 14.2. The highest BCUT2D eigenvalue weighted by Gasteiger charge is 2.15. The Labute approximate surface area is 123 Å². The molecule has 3 nitrogen and oxygen atoms in total. The highest BCUT2D eigenvalue weighted by Crippen LogP contribution is 2.28. The molecule has 0 aliphatic heterocycles. The molecule has 0 heterocycles. The van der Waals surface area contributed by atoms with Gasteiger partial charge in [0.2, 0.25) is 0 Å². The summed E-state index contributed by atoms with van der Waals surface area (Å²) in [5, 5.41) is 9.12. The summed E-state index contributed by atoms with van der Waals surface area (Å²) >= 11 is 0. The minimum absolute atomic E-state index is 0.0166. The fraction of sp³-hybridized carbons (Fsp3) is 0.235. The Kier molecular flexibility index (Phi) is 4.26. The topological polar surface area (TPSA) is 46.5 Å².